The van der Waals surface area contributed by atoms with Crippen molar-refractivity contribution >= 4 is 40.5 Å². The summed E-state index contributed by atoms with van der Waals surface area (Å²) < 4.78 is 0. The highest BCUT2D eigenvalue weighted by Gasteiger charge is 2.33. The molecular weight excluding hydrogens is 372 g/mol. The number of nitrogens with one attached hydrogen (secondary N) is 3. The molecular formula is C21H24N4O2S. The van der Waals surface area contributed by atoms with Crippen molar-refractivity contribution in [3.63, 3.8) is 0 Å². The number of amides is 2. The number of aryl methyl sites for hydroxylation is 1. The van der Waals surface area contributed by atoms with E-state index >= 15 is 0 Å². The molecule has 28 heavy (non-hydrogen) atoms. The van der Waals surface area contributed by atoms with Crippen LogP contribution in [-0.2, 0) is 16.0 Å². The highest BCUT2D eigenvalue weighted by molar-refractivity contribution is 7.80. The molecule has 0 unspecified atom stereocenters. The van der Waals surface area contributed by atoms with E-state index < -0.39 is 6.04 Å². The van der Waals surface area contributed by atoms with Gasteiger partial charge < -0.3 is 20.9 Å². The summed E-state index contributed by atoms with van der Waals surface area (Å²) >= 11 is 5.50. The Balaban J connectivity index is 1.65. The SMILES string of the molecule is CCc1ccc(NC(=O)C[C@@H]2C(=O)NCCN2C(=S)Nc2ccccc2)cc1. The third-order valence-electron chi connectivity index (χ3n) is 4.64. The third kappa shape index (κ3) is 5.07. The Morgan fingerprint density at radius 1 is 1.11 bits per heavy atom. The van der Waals surface area contributed by atoms with E-state index in [-0.39, 0.29) is 18.2 Å². The van der Waals surface area contributed by atoms with Crippen LogP contribution in [0.4, 0.5) is 11.4 Å². The van der Waals surface area contributed by atoms with Crippen molar-refractivity contribution in [1.29, 1.82) is 0 Å². The van der Waals surface area contributed by atoms with Gasteiger partial charge in [-0.1, -0.05) is 37.3 Å². The first-order chi connectivity index (χ1) is 13.6. The number of para-hydroxylation sites is 1. The summed E-state index contributed by atoms with van der Waals surface area (Å²) in [5, 5.41) is 9.26. The van der Waals surface area contributed by atoms with Crippen molar-refractivity contribution in [2.75, 3.05) is 23.7 Å². The normalized spacial score (nSPS) is 16.2. The van der Waals surface area contributed by atoms with Gasteiger partial charge in [0.2, 0.25) is 11.8 Å². The first-order valence-corrected chi connectivity index (χ1v) is 9.77. The molecule has 0 saturated carbocycles. The minimum Gasteiger partial charge on any atom is -0.353 e. The third-order valence-corrected chi connectivity index (χ3v) is 4.98. The second-order valence-electron chi connectivity index (χ2n) is 6.60. The largest absolute Gasteiger partial charge is 0.353 e. The molecule has 0 aliphatic carbocycles. The van der Waals surface area contributed by atoms with Crippen LogP contribution in [0.5, 0.6) is 0 Å². The number of rotatable bonds is 5. The molecule has 1 aliphatic heterocycles. The van der Waals surface area contributed by atoms with Gasteiger partial charge in [0.15, 0.2) is 5.11 Å². The minimum absolute atomic E-state index is 0.0258. The molecule has 1 fully saturated rings. The fourth-order valence-corrected chi connectivity index (χ4v) is 3.43. The highest BCUT2D eigenvalue weighted by Crippen LogP contribution is 2.15. The molecule has 1 saturated heterocycles. The molecule has 7 heteroatoms. The van der Waals surface area contributed by atoms with Gasteiger partial charge in [0.25, 0.3) is 0 Å². The summed E-state index contributed by atoms with van der Waals surface area (Å²) in [5.41, 5.74) is 2.76. The van der Waals surface area contributed by atoms with Crippen LogP contribution in [0.25, 0.3) is 0 Å². The van der Waals surface area contributed by atoms with Crippen molar-refractivity contribution in [3.8, 4) is 0 Å². The fourth-order valence-electron chi connectivity index (χ4n) is 3.09. The summed E-state index contributed by atoms with van der Waals surface area (Å²) in [4.78, 5) is 26.7. The standard InChI is InChI=1S/C21H24N4O2S/c1-2-15-8-10-17(11-9-15)23-19(26)14-18-20(27)22-12-13-25(18)21(28)24-16-6-4-3-5-7-16/h3-11,18H,2,12-14H2,1H3,(H,22,27)(H,23,26)(H,24,28)/t18-/m1/s1. The lowest BCUT2D eigenvalue weighted by atomic mass is 10.1. The predicted octanol–water partition coefficient (Wildman–Crippen LogP) is 2.78. The molecule has 3 N–H and O–H groups in total. The zero-order chi connectivity index (χ0) is 19.9. The monoisotopic (exact) mass is 396 g/mol. The topological polar surface area (TPSA) is 73.5 Å². The van der Waals surface area contributed by atoms with E-state index in [0.29, 0.717) is 18.2 Å². The van der Waals surface area contributed by atoms with Crippen molar-refractivity contribution in [2.45, 2.75) is 25.8 Å². The van der Waals surface area contributed by atoms with Crippen molar-refractivity contribution in [2.24, 2.45) is 0 Å². The van der Waals surface area contributed by atoms with Gasteiger partial charge in [-0.05, 0) is 48.5 Å². The van der Waals surface area contributed by atoms with Gasteiger partial charge in [-0.25, -0.2) is 0 Å². The number of hydrogen-bond acceptors (Lipinski definition) is 3. The van der Waals surface area contributed by atoms with Crippen LogP contribution in [0.2, 0.25) is 0 Å². The van der Waals surface area contributed by atoms with Gasteiger partial charge in [-0.3, -0.25) is 9.59 Å². The molecule has 0 aromatic heterocycles. The summed E-state index contributed by atoms with van der Waals surface area (Å²) in [7, 11) is 0. The number of benzene rings is 2. The first-order valence-electron chi connectivity index (χ1n) is 9.36. The number of carbonyl (C=O) groups excluding carboxylic acids is 2. The average Bonchev–Trinajstić information content (AvgIpc) is 2.70. The molecule has 1 aliphatic rings. The molecule has 2 aromatic carbocycles. The maximum atomic E-state index is 12.5. The van der Waals surface area contributed by atoms with Crippen LogP contribution in [-0.4, -0.2) is 41.0 Å². The van der Waals surface area contributed by atoms with E-state index in [0.717, 1.165) is 17.8 Å². The molecule has 146 valence electrons. The van der Waals surface area contributed by atoms with E-state index in [1.807, 2.05) is 54.6 Å². The van der Waals surface area contributed by atoms with E-state index in [1.54, 1.807) is 4.90 Å². The van der Waals surface area contributed by atoms with Crippen LogP contribution in [0.1, 0.15) is 18.9 Å². The fraction of sp³-hybridized carbons (Fsp3) is 0.286. The van der Waals surface area contributed by atoms with E-state index in [9.17, 15) is 9.59 Å². The van der Waals surface area contributed by atoms with Gasteiger partial charge in [0.05, 0.1) is 6.42 Å². The van der Waals surface area contributed by atoms with E-state index in [1.165, 1.54) is 5.56 Å². The van der Waals surface area contributed by atoms with Crippen LogP contribution in [0, 0.1) is 0 Å². The maximum Gasteiger partial charge on any atom is 0.243 e. The number of carbonyl (C=O) groups is 2. The van der Waals surface area contributed by atoms with Gasteiger partial charge in [0, 0.05) is 24.5 Å². The second-order valence-corrected chi connectivity index (χ2v) is 6.99. The van der Waals surface area contributed by atoms with Crippen LogP contribution in [0.15, 0.2) is 54.6 Å². The van der Waals surface area contributed by atoms with Crippen LogP contribution < -0.4 is 16.0 Å². The average molecular weight is 397 g/mol. The Bertz CT molecular complexity index is 839. The molecule has 1 atom stereocenters. The summed E-state index contributed by atoms with van der Waals surface area (Å²) in [6.07, 6.45) is 0.968. The molecule has 2 aromatic rings. The number of anilines is 2. The molecule has 6 nitrogen and oxygen atoms in total. The van der Waals surface area contributed by atoms with Crippen LogP contribution in [0.3, 0.4) is 0 Å². The Labute approximate surface area is 170 Å². The van der Waals surface area contributed by atoms with E-state index in [2.05, 4.69) is 22.9 Å². The number of thiocarbonyl (C=S) groups is 1. The molecule has 0 radical (unpaired) electrons. The lowest BCUT2D eigenvalue weighted by Gasteiger charge is -2.36. The molecule has 2 amide bonds. The van der Waals surface area contributed by atoms with Crippen molar-refractivity contribution in [3.05, 3.63) is 60.2 Å². The lowest BCUT2D eigenvalue weighted by molar-refractivity contribution is -0.130. The maximum absolute atomic E-state index is 12.5. The Kier molecular flexibility index (Phi) is 6.60. The van der Waals surface area contributed by atoms with Gasteiger partial charge in [0.1, 0.15) is 6.04 Å². The zero-order valence-corrected chi connectivity index (χ0v) is 16.6. The highest BCUT2D eigenvalue weighted by atomic mass is 32.1. The lowest BCUT2D eigenvalue weighted by Crippen LogP contribution is -2.58. The molecule has 0 bridgehead atoms. The smallest absolute Gasteiger partial charge is 0.243 e. The quantitative estimate of drug-likeness (QED) is 0.678. The molecule has 3 rings (SSSR count). The Morgan fingerprint density at radius 3 is 2.46 bits per heavy atom. The van der Waals surface area contributed by atoms with Gasteiger partial charge in [-0.2, -0.15) is 0 Å². The second kappa shape index (κ2) is 9.32. The van der Waals surface area contributed by atoms with E-state index in [4.69, 9.17) is 12.2 Å². The molecule has 1 heterocycles. The number of hydrogen-bond donors (Lipinski definition) is 3. The van der Waals surface area contributed by atoms with Crippen LogP contribution >= 0.6 is 12.2 Å². The Hall–Kier alpha value is -2.93. The van der Waals surface area contributed by atoms with Gasteiger partial charge >= 0.3 is 0 Å². The van der Waals surface area contributed by atoms with Crippen molar-refractivity contribution < 1.29 is 9.59 Å². The summed E-state index contributed by atoms with van der Waals surface area (Å²) in [6.45, 7) is 3.12. The zero-order valence-electron chi connectivity index (χ0n) is 15.8. The number of piperazine rings is 1. The van der Waals surface area contributed by atoms with Crippen molar-refractivity contribution in [1.82, 2.24) is 10.2 Å². The Morgan fingerprint density at radius 2 is 1.79 bits per heavy atom. The number of nitrogens with zero attached hydrogens (tertiary/aromatic N) is 1. The molecule has 0 spiro atoms. The minimum atomic E-state index is -0.646. The van der Waals surface area contributed by atoms with Gasteiger partial charge in [-0.15, -0.1) is 0 Å². The summed E-state index contributed by atoms with van der Waals surface area (Å²) in [5.74, 6) is -0.418. The first kappa shape index (κ1) is 19.8. The summed E-state index contributed by atoms with van der Waals surface area (Å²) in [6, 6.07) is 16.6. The predicted molar refractivity (Wildman–Crippen MR) is 115 cm³/mol.